The number of hydrogen-bond acceptors (Lipinski definition) is 1. The number of carboxylic acid groups (broad SMARTS) is 1. The zero-order valence-electron chi connectivity index (χ0n) is 11.4. The van der Waals surface area contributed by atoms with Crippen molar-refractivity contribution in [3.05, 3.63) is 0 Å². The molecule has 0 atom stereocenters. The van der Waals surface area contributed by atoms with Gasteiger partial charge in [-0.3, -0.25) is 4.79 Å². The minimum Gasteiger partial charge on any atom is -0.481 e. The molecule has 0 aliphatic rings. The number of carboxylic acids is 1. The van der Waals surface area contributed by atoms with Crippen LogP contribution in [0.4, 0.5) is 8.78 Å². The number of alkyl halides is 2. The third-order valence-electron chi connectivity index (χ3n) is 3.08. The second-order valence-electron chi connectivity index (χ2n) is 4.97. The molecule has 108 valence electrons. The molecule has 18 heavy (non-hydrogen) atoms. The predicted octanol–water partition coefficient (Wildman–Crippen LogP) is 5.02. The van der Waals surface area contributed by atoms with E-state index in [2.05, 4.69) is 6.92 Å². The number of halogens is 2. The highest BCUT2D eigenvalue weighted by atomic mass is 19.3. The van der Waals surface area contributed by atoms with Gasteiger partial charge in [-0.1, -0.05) is 39.0 Å². The Morgan fingerprint density at radius 2 is 1.44 bits per heavy atom. The van der Waals surface area contributed by atoms with Crippen LogP contribution in [0.1, 0.15) is 77.6 Å². The summed E-state index contributed by atoms with van der Waals surface area (Å²) in [5, 5.41) is 8.42. The summed E-state index contributed by atoms with van der Waals surface area (Å²) < 4.78 is 26.8. The number of hydrogen-bond donors (Lipinski definition) is 1. The van der Waals surface area contributed by atoms with Crippen molar-refractivity contribution in [2.24, 2.45) is 0 Å². The van der Waals surface area contributed by atoms with E-state index in [1.54, 1.807) is 0 Å². The second-order valence-corrected chi connectivity index (χ2v) is 4.97. The Labute approximate surface area is 109 Å². The third kappa shape index (κ3) is 11.8. The minimum absolute atomic E-state index is 0.00211. The summed E-state index contributed by atoms with van der Waals surface area (Å²) in [4.78, 5) is 10.2. The van der Waals surface area contributed by atoms with E-state index in [4.69, 9.17) is 5.11 Å². The quantitative estimate of drug-likeness (QED) is 0.503. The second kappa shape index (κ2) is 10.3. The van der Waals surface area contributed by atoms with Gasteiger partial charge in [-0.2, -0.15) is 0 Å². The molecule has 0 heterocycles. The third-order valence-corrected chi connectivity index (χ3v) is 3.08. The van der Waals surface area contributed by atoms with E-state index in [1.165, 1.54) is 0 Å². The van der Waals surface area contributed by atoms with Gasteiger partial charge < -0.3 is 5.11 Å². The summed E-state index contributed by atoms with van der Waals surface area (Å²) in [6.45, 7) is 2.06. The zero-order chi connectivity index (χ0) is 13.9. The van der Waals surface area contributed by atoms with Crippen LogP contribution in [-0.2, 0) is 4.79 Å². The molecule has 0 aliphatic carbocycles. The molecule has 0 radical (unpaired) electrons. The normalized spacial score (nSPS) is 11.7. The topological polar surface area (TPSA) is 37.3 Å². The lowest BCUT2D eigenvalue weighted by Crippen LogP contribution is -2.15. The molecule has 0 aromatic heterocycles. The lowest BCUT2D eigenvalue weighted by atomic mass is 10.0. The van der Waals surface area contributed by atoms with Crippen LogP contribution < -0.4 is 0 Å². The molecular weight excluding hydrogens is 238 g/mol. The van der Waals surface area contributed by atoms with Crippen molar-refractivity contribution < 1.29 is 18.7 Å². The first-order valence-electron chi connectivity index (χ1n) is 7.07. The van der Waals surface area contributed by atoms with Crippen molar-refractivity contribution in [2.45, 2.75) is 83.5 Å². The Morgan fingerprint density at radius 3 is 1.94 bits per heavy atom. The number of rotatable bonds is 12. The lowest BCUT2D eigenvalue weighted by Gasteiger charge is -2.15. The van der Waals surface area contributed by atoms with Crippen molar-refractivity contribution in [3.8, 4) is 0 Å². The summed E-state index contributed by atoms with van der Waals surface area (Å²) in [6.07, 6.45) is 6.24. The molecule has 0 aromatic carbocycles. The van der Waals surface area contributed by atoms with Crippen LogP contribution in [0.5, 0.6) is 0 Å². The summed E-state index contributed by atoms with van der Waals surface area (Å²) >= 11 is 0. The van der Waals surface area contributed by atoms with Gasteiger partial charge in [0.05, 0.1) is 0 Å². The van der Waals surface area contributed by atoms with Crippen molar-refractivity contribution in [2.75, 3.05) is 0 Å². The first kappa shape index (κ1) is 17.3. The summed E-state index contributed by atoms with van der Waals surface area (Å²) in [5.41, 5.74) is 0. The standard InChI is InChI=1S/C14H26F2O2/c1-2-3-4-8-11-14(15,16)12-9-6-5-7-10-13(17)18/h2-12H2,1H3,(H,17,18). The van der Waals surface area contributed by atoms with Crippen LogP contribution in [0.2, 0.25) is 0 Å². The first-order chi connectivity index (χ1) is 8.48. The van der Waals surface area contributed by atoms with E-state index < -0.39 is 11.9 Å². The SMILES string of the molecule is CCCCCCC(F)(F)CCCCCCC(=O)O. The molecule has 0 unspecified atom stereocenters. The fourth-order valence-electron chi connectivity index (χ4n) is 1.95. The lowest BCUT2D eigenvalue weighted by molar-refractivity contribution is -0.137. The molecule has 0 amide bonds. The molecule has 1 N–H and O–H groups in total. The molecule has 0 fully saturated rings. The highest BCUT2D eigenvalue weighted by Crippen LogP contribution is 2.28. The van der Waals surface area contributed by atoms with Gasteiger partial charge in [-0.15, -0.1) is 0 Å². The van der Waals surface area contributed by atoms with E-state index >= 15 is 0 Å². The van der Waals surface area contributed by atoms with Crippen LogP contribution in [0.25, 0.3) is 0 Å². The van der Waals surface area contributed by atoms with Gasteiger partial charge >= 0.3 is 5.97 Å². The van der Waals surface area contributed by atoms with Gasteiger partial charge in [0.15, 0.2) is 0 Å². The molecule has 0 spiro atoms. The molecule has 0 aromatic rings. The van der Waals surface area contributed by atoms with E-state index in [1.807, 2.05) is 0 Å². The number of unbranched alkanes of at least 4 members (excludes halogenated alkanes) is 6. The van der Waals surface area contributed by atoms with Gasteiger partial charge in [0.25, 0.3) is 0 Å². The molecular formula is C14H26F2O2. The summed E-state index contributed by atoms with van der Waals surface area (Å²) in [6, 6.07) is 0. The molecule has 0 saturated carbocycles. The van der Waals surface area contributed by atoms with E-state index in [0.29, 0.717) is 25.7 Å². The van der Waals surface area contributed by atoms with E-state index in [9.17, 15) is 13.6 Å². The van der Waals surface area contributed by atoms with Crippen LogP contribution >= 0.6 is 0 Å². The van der Waals surface area contributed by atoms with Crippen molar-refractivity contribution >= 4 is 5.97 Å². The van der Waals surface area contributed by atoms with Crippen molar-refractivity contribution in [1.29, 1.82) is 0 Å². The molecule has 0 aliphatic heterocycles. The fraction of sp³-hybridized carbons (Fsp3) is 0.929. The molecule has 0 saturated heterocycles. The maximum absolute atomic E-state index is 13.4. The highest BCUT2D eigenvalue weighted by Gasteiger charge is 2.26. The highest BCUT2D eigenvalue weighted by molar-refractivity contribution is 5.66. The summed E-state index contributed by atoms with van der Waals surface area (Å²) in [7, 11) is 0. The Hall–Kier alpha value is -0.670. The molecule has 2 nitrogen and oxygen atoms in total. The van der Waals surface area contributed by atoms with Gasteiger partial charge in [-0.25, -0.2) is 8.78 Å². The van der Waals surface area contributed by atoms with Gasteiger partial charge in [-0.05, 0) is 19.3 Å². The maximum atomic E-state index is 13.4. The van der Waals surface area contributed by atoms with Crippen LogP contribution in [0, 0.1) is 0 Å². The Bertz CT molecular complexity index is 218. The van der Waals surface area contributed by atoms with Crippen LogP contribution in [0.15, 0.2) is 0 Å². The van der Waals surface area contributed by atoms with Crippen LogP contribution in [0.3, 0.4) is 0 Å². The average Bonchev–Trinajstić information content (AvgIpc) is 2.29. The first-order valence-corrected chi connectivity index (χ1v) is 7.07. The van der Waals surface area contributed by atoms with E-state index in [0.717, 1.165) is 25.7 Å². The average molecular weight is 264 g/mol. The Balaban J connectivity index is 3.42. The molecule has 0 rings (SSSR count). The Morgan fingerprint density at radius 1 is 0.944 bits per heavy atom. The van der Waals surface area contributed by atoms with Crippen molar-refractivity contribution in [3.63, 3.8) is 0 Å². The van der Waals surface area contributed by atoms with Crippen LogP contribution in [-0.4, -0.2) is 17.0 Å². The van der Waals surface area contributed by atoms with Gasteiger partial charge in [0.1, 0.15) is 0 Å². The number of aliphatic carboxylic acids is 1. The monoisotopic (exact) mass is 264 g/mol. The van der Waals surface area contributed by atoms with Gasteiger partial charge in [0, 0.05) is 19.3 Å². The minimum atomic E-state index is -2.53. The molecule has 4 heteroatoms. The summed E-state index contributed by atoms with van der Waals surface area (Å²) in [5.74, 6) is -3.34. The Kier molecular flexibility index (Phi) is 9.89. The maximum Gasteiger partial charge on any atom is 0.303 e. The smallest absolute Gasteiger partial charge is 0.303 e. The van der Waals surface area contributed by atoms with Crippen molar-refractivity contribution in [1.82, 2.24) is 0 Å². The predicted molar refractivity (Wildman–Crippen MR) is 69.0 cm³/mol. The number of carbonyl (C=O) groups is 1. The molecule has 0 bridgehead atoms. The fourth-order valence-corrected chi connectivity index (χ4v) is 1.95. The van der Waals surface area contributed by atoms with Gasteiger partial charge in [0.2, 0.25) is 5.92 Å². The largest absolute Gasteiger partial charge is 0.481 e. The zero-order valence-corrected chi connectivity index (χ0v) is 11.4. The van der Waals surface area contributed by atoms with E-state index in [-0.39, 0.29) is 19.3 Å².